The maximum atomic E-state index is 10.6. The number of hydrogen-bond donors (Lipinski definition) is 1. The van der Waals surface area contributed by atoms with Crippen molar-refractivity contribution in [3.8, 4) is 0 Å². The third-order valence-electron chi connectivity index (χ3n) is 2.44. The molecule has 0 spiro atoms. The van der Waals surface area contributed by atoms with Gasteiger partial charge >= 0.3 is 5.82 Å². The molecule has 2 rings (SSSR count). The van der Waals surface area contributed by atoms with E-state index in [4.69, 9.17) is 0 Å². The highest BCUT2D eigenvalue weighted by atomic mass is 16.6. The molecule has 0 bridgehead atoms. The lowest BCUT2D eigenvalue weighted by Gasteiger charge is -2.25. The van der Waals surface area contributed by atoms with Gasteiger partial charge in [-0.25, -0.2) is 4.98 Å². The molecule has 14 heavy (non-hydrogen) atoms. The SMILES string of the molecule is O=[N+]([O-])c1[nH]cnc1N1CCCCC1. The highest BCUT2D eigenvalue weighted by Crippen LogP contribution is 2.25. The Hall–Kier alpha value is -1.59. The van der Waals surface area contributed by atoms with Gasteiger partial charge in [-0.15, -0.1) is 0 Å². The predicted molar refractivity (Wildman–Crippen MR) is 51.3 cm³/mol. The van der Waals surface area contributed by atoms with Gasteiger partial charge in [0, 0.05) is 13.1 Å². The second-order valence-electron chi connectivity index (χ2n) is 3.38. The van der Waals surface area contributed by atoms with Crippen LogP contribution in [0.25, 0.3) is 0 Å². The van der Waals surface area contributed by atoms with Gasteiger partial charge in [0.1, 0.15) is 0 Å². The average Bonchev–Trinajstić information content (AvgIpc) is 2.67. The largest absolute Gasteiger partial charge is 0.365 e. The molecule has 1 aromatic heterocycles. The van der Waals surface area contributed by atoms with Crippen LogP contribution in [-0.2, 0) is 0 Å². The summed E-state index contributed by atoms with van der Waals surface area (Å²) >= 11 is 0. The Balaban J connectivity index is 2.21. The number of nitrogens with zero attached hydrogens (tertiary/aromatic N) is 3. The molecule has 1 N–H and O–H groups in total. The monoisotopic (exact) mass is 196 g/mol. The van der Waals surface area contributed by atoms with Crippen molar-refractivity contribution in [2.75, 3.05) is 18.0 Å². The summed E-state index contributed by atoms with van der Waals surface area (Å²) in [5.74, 6) is 0.488. The normalized spacial score (nSPS) is 17.0. The van der Waals surface area contributed by atoms with Gasteiger partial charge in [-0.1, -0.05) is 0 Å². The third kappa shape index (κ3) is 1.55. The summed E-state index contributed by atoms with van der Waals surface area (Å²) in [4.78, 5) is 18.7. The Labute approximate surface area is 81.1 Å². The molecule has 2 heterocycles. The number of aromatic amines is 1. The standard InChI is InChI=1S/C8H12N4O2/c13-12(14)8-7(9-6-10-8)11-4-2-1-3-5-11/h6H,1-5H2,(H,9,10). The van der Waals surface area contributed by atoms with E-state index in [1.54, 1.807) is 0 Å². The summed E-state index contributed by atoms with van der Waals surface area (Å²) in [6.45, 7) is 1.73. The predicted octanol–water partition coefficient (Wildman–Crippen LogP) is 1.31. The van der Waals surface area contributed by atoms with Crippen LogP contribution in [0.4, 0.5) is 11.6 Å². The zero-order valence-corrected chi connectivity index (χ0v) is 7.77. The molecule has 1 fully saturated rings. The first-order chi connectivity index (χ1) is 6.79. The molecule has 76 valence electrons. The second kappa shape index (κ2) is 3.65. The first-order valence-corrected chi connectivity index (χ1v) is 4.72. The van der Waals surface area contributed by atoms with Gasteiger partial charge in [-0.2, -0.15) is 4.98 Å². The fraction of sp³-hybridized carbons (Fsp3) is 0.625. The lowest BCUT2D eigenvalue weighted by atomic mass is 10.1. The van der Waals surface area contributed by atoms with Crippen LogP contribution < -0.4 is 4.90 Å². The Morgan fingerprint density at radius 1 is 1.43 bits per heavy atom. The summed E-state index contributed by atoms with van der Waals surface area (Å²) in [5.41, 5.74) is 0. The smallest absolute Gasteiger partial charge is 0.358 e. The lowest BCUT2D eigenvalue weighted by molar-refractivity contribution is -0.388. The number of nitro groups is 1. The van der Waals surface area contributed by atoms with E-state index in [0.29, 0.717) is 5.82 Å². The summed E-state index contributed by atoms with van der Waals surface area (Å²) in [5, 5.41) is 10.6. The number of rotatable bonds is 2. The zero-order valence-electron chi connectivity index (χ0n) is 7.77. The summed E-state index contributed by atoms with van der Waals surface area (Å²) in [7, 11) is 0. The average molecular weight is 196 g/mol. The molecule has 0 unspecified atom stereocenters. The molecule has 0 aliphatic carbocycles. The fourth-order valence-electron chi connectivity index (χ4n) is 1.75. The molecule has 6 nitrogen and oxygen atoms in total. The summed E-state index contributed by atoms with van der Waals surface area (Å²) in [6.07, 6.45) is 4.75. The minimum atomic E-state index is -0.420. The number of nitrogens with one attached hydrogen (secondary N) is 1. The van der Waals surface area contributed by atoms with Gasteiger partial charge in [0.15, 0.2) is 6.33 Å². The van der Waals surface area contributed by atoms with Crippen molar-refractivity contribution < 1.29 is 4.92 Å². The Kier molecular flexibility index (Phi) is 2.34. The molecule has 0 atom stereocenters. The van der Waals surface area contributed by atoms with Crippen molar-refractivity contribution in [2.24, 2.45) is 0 Å². The topological polar surface area (TPSA) is 75.1 Å². The maximum absolute atomic E-state index is 10.6. The van der Waals surface area contributed by atoms with Crippen LogP contribution in [0.15, 0.2) is 6.33 Å². The number of piperidine rings is 1. The first-order valence-electron chi connectivity index (χ1n) is 4.72. The van der Waals surface area contributed by atoms with Crippen LogP contribution in [0.2, 0.25) is 0 Å². The van der Waals surface area contributed by atoms with Crippen molar-refractivity contribution in [1.82, 2.24) is 9.97 Å². The van der Waals surface area contributed by atoms with E-state index in [-0.39, 0.29) is 5.82 Å². The molecule has 0 saturated carbocycles. The molecule has 6 heteroatoms. The van der Waals surface area contributed by atoms with Gasteiger partial charge in [0.25, 0.3) is 0 Å². The molecule has 1 aliphatic heterocycles. The molecule has 0 aromatic carbocycles. The minimum Gasteiger partial charge on any atom is -0.358 e. The van der Waals surface area contributed by atoms with Crippen LogP contribution in [0.1, 0.15) is 19.3 Å². The van der Waals surface area contributed by atoms with Crippen LogP contribution in [0, 0.1) is 10.1 Å². The van der Waals surface area contributed by atoms with Gasteiger partial charge < -0.3 is 15.0 Å². The molecule has 1 aromatic rings. The molecule has 1 aliphatic rings. The van der Waals surface area contributed by atoms with Gasteiger partial charge in [0.05, 0.1) is 0 Å². The Morgan fingerprint density at radius 3 is 2.79 bits per heavy atom. The second-order valence-corrected chi connectivity index (χ2v) is 3.38. The molecule has 1 saturated heterocycles. The summed E-state index contributed by atoms with van der Waals surface area (Å²) < 4.78 is 0. The van der Waals surface area contributed by atoms with E-state index < -0.39 is 4.92 Å². The van der Waals surface area contributed by atoms with E-state index in [0.717, 1.165) is 25.9 Å². The van der Waals surface area contributed by atoms with Gasteiger partial charge in [0.2, 0.25) is 5.82 Å². The molecule has 0 radical (unpaired) electrons. The summed E-state index contributed by atoms with van der Waals surface area (Å²) in [6, 6.07) is 0. The first kappa shape index (κ1) is 8.98. The number of aromatic nitrogens is 2. The number of imidazole rings is 1. The van der Waals surface area contributed by atoms with Crippen molar-refractivity contribution in [3.05, 3.63) is 16.4 Å². The lowest BCUT2D eigenvalue weighted by Crippen LogP contribution is -2.30. The number of H-pyrrole nitrogens is 1. The molecule has 0 amide bonds. The van der Waals surface area contributed by atoms with E-state index in [1.165, 1.54) is 12.7 Å². The van der Waals surface area contributed by atoms with Crippen LogP contribution >= 0.6 is 0 Å². The Morgan fingerprint density at radius 2 is 2.14 bits per heavy atom. The van der Waals surface area contributed by atoms with Crippen LogP contribution in [0.5, 0.6) is 0 Å². The van der Waals surface area contributed by atoms with Crippen molar-refractivity contribution >= 4 is 11.6 Å². The van der Waals surface area contributed by atoms with Crippen molar-refractivity contribution in [2.45, 2.75) is 19.3 Å². The number of hydrogen-bond acceptors (Lipinski definition) is 4. The Bertz CT molecular complexity index is 330. The minimum absolute atomic E-state index is 0.00639. The van der Waals surface area contributed by atoms with E-state index in [1.807, 2.05) is 4.90 Å². The zero-order chi connectivity index (χ0) is 9.97. The van der Waals surface area contributed by atoms with E-state index >= 15 is 0 Å². The quantitative estimate of drug-likeness (QED) is 0.571. The van der Waals surface area contributed by atoms with E-state index in [2.05, 4.69) is 9.97 Å². The number of anilines is 1. The maximum Gasteiger partial charge on any atom is 0.365 e. The highest BCUT2D eigenvalue weighted by molar-refractivity contribution is 5.53. The van der Waals surface area contributed by atoms with Crippen LogP contribution in [-0.4, -0.2) is 28.0 Å². The van der Waals surface area contributed by atoms with E-state index in [9.17, 15) is 10.1 Å². The van der Waals surface area contributed by atoms with Crippen LogP contribution in [0.3, 0.4) is 0 Å². The third-order valence-corrected chi connectivity index (χ3v) is 2.44. The molecular formula is C8H12N4O2. The van der Waals surface area contributed by atoms with Gasteiger partial charge in [-0.3, -0.25) is 0 Å². The highest BCUT2D eigenvalue weighted by Gasteiger charge is 2.22. The van der Waals surface area contributed by atoms with Crippen molar-refractivity contribution in [3.63, 3.8) is 0 Å². The van der Waals surface area contributed by atoms with Crippen molar-refractivity contribution in [1.29, 1.82) is 0 Å². The molecular weight excluding hydrogens is 184 g/mol. The van der Waals surface area contributed by atoms with Gasteiger partial charge in [-0.05, 0) is 24.2 Å². The fourth-order valence-corrected chi connectivity index (χ4v) is 1.75.